The Kier molecular flexibility index (Phi) is 7.46. The summed E-state index contributed by atoms with van der Waals surface area (Å²) in [5.41, 5.74) is 6.45. The molecule has 3 aromatic carbocycles. The minimum atomic E-state index is -0.293. The van der Waals surface area contributed by atoms with E-state index >= 15 is 0 Å². The van der Waals surface area contributed by atoms with Crippen LogP contribution in [0.3, 0.4) is 0 Å². The molecular formula is C28H23ClINO2. The Bertz CT molecular complexity index is 1330. The van der Waals surface area contributed by atoms with Crippen LogP contribution in [-0.4, -0.2) is 18.1 Å². The highest BCUT2D eigenvalue weighted by molar-refractivity contribution is 14.1. The number of aryl methyl sites for hydroxylation is 1. The predicted octanol–water partition coefficient (Wildman–Crippen LogP) is 7.85. The summed E-state index contributed by atoms with van der Waals surface area (Å²) in [6.07, 6.45) is 1.69. The first kappa shape index (κ1) is 23.5. The highest BCUT2D eigenvalue weighted by Crippen LogP contribution is 2.32. The molecule has 0 bridgehead atoms. The quantitative estimate of drug-likeness (QED) is 0.130. The fourth-order valence-electron chi connectivity index (χ4n) is 3.82. The van der Waals surface area contributed by atoms with Gasteiger partial charge in [0.05, 0.1) is 23.9 Å². The second-order valence-electron chi connectivity index (χ2n) is 7.79. The van der Waals surface area contributed by atoms with E-state index in [1.54, 1.807) is 0 Å². The van der Waals surface area contributed by atoms with E-state index in [1.807, 2.05) is 54.6 Å². The van der Waals surface area contributed by atoms with Crippen molar-refractivity contribution in [1.82, 2.24) is 4.98 Å². The highest BCUT2D eigenvalue weighted by atomic mass is 127. The Balaban J connectivity index is 1.52. The van der Waals surface area contributed by atoms with Crippen LogP contribution in [0.1, 0.15) is 43.1 Å². The first-order valence-corrected chi connectivity index (χ1v) is 12.2. The Labute approximate surface area is 212 Å². The van der Waals surface area contributed by atoms with E-state index in [1.165, 1.54) is 12.7 Å². The second-order valence-corrected chi connectivity index (χ2v) is 9.73. The standard InChI is InChI=1S/C28H23ClINO2/c1-18(26-15-12-20-10-13-23(29)17-27(20)31-26)21-7-5-8-22(16-21)25(30)14-11-19-6-3-4-9-24(19)28(32)33-2/h3-10,12-13,15-17,25H,1,11,14H2,2H3/t25-/m0/s1. The zero-order chi connectivity index (χ0) is 23.4. The van der Waals surface area contributed by atoms with Gasteiger partial charge in [-0.15, -0.1) is 0 Å². The van der Waals surface area contributed by atoms with Crippen LogP contribution in [0, 0.1) is 0 Å². The van der Waals surface area contributed by atoms with Gasteiger partial charge in [0.15, 0.2) is 0 Å². The number of esters is 1. The van der Waals surface area contributed by atoms with Crippen molar-refractivity contribution in [1.29, 1.82) is 0 Å². The molecule has 0 aliphatic heterocycles. The molecule has 3 nitrogen and oxygen atoms in total. The van der Waals surface area contributed by atoms with Crippen molar-refractivity contribution in [3.8, 4) is 0 Å². The van der Waals surface area contributed by atoms with Gasteiger partial charge in [0, 0.05) is 19.9 Å². The maximum absolute atomic E-state index is 12.1. The Morgan fingerprint density at radius 1 is 1.06 bits per heavy atom. The molecule has 0 aliphatic rings. The molecule has 0 unspecified atom stereocenters. The van der Waals surface area contributed by atoms with Gasteiger partial charge in [0.25, 0.3) is 0 Å². The number of rotatable bonds is 7. The Morgan fingerprint density at radius 2 is 1.85 bits per heavy atom. The average Bonchev–Trinajstić information content (AvgIpc) is 2.86. The molecule has 0 saturated heterocycles. The summed E-state index contributed by atoms with van der Waals surface area (Å²) < 4.78 is 5.20. The predicted molar refractivity (Wildman–Crippen MR) is 144 cm³/mol. The molecule has 0 fully saturated rings. The molecule has 0 radical (unpaired) electrons. The number of pyridine rings is 1. The number of carbonyl (C=O) groups excluding carboxylic acids is 1. The Hall–Kier alpha value is -2.70. The molecule has 166 valence electrons. The van der Waals surface area contributed by atoms with E-state index < -0.39 is 0 Å². The molecule has 1 heterocycles. The lowest BCUT2D eigenvalue weighted by Crippen LogP contribution is -2.06. The number of carbonyl (C=O) groups is 1. The van der Waals surface area contributed by atoms with Crippen molar-refractivity contribution in [2.24, 2.45) is 0 Å². The third kappa shape index (κ3) is 5.45. The van der Waals surface area contributed by atoms with Crippen molar-refractivity contribution >= 4 is 56.6 Å². The van der Waals surface area contributed by atoms with E-state index in [0.717, 1.165) is 46.1 Å². The average molecular weight is 568 g/mol. The number of alkyl halides is 1. The van der Waals surface area contributed by atoms with Crippen LogP contribution in [0.25, 0.3) is 16.5 Å². The van der Waals surface area contributed by atoms with Crippen molar-refractivity contribution < 1.29 is 9.53 Å². The maximum atomic E-state index is 12.1. The van der Waals surface area contributed by atoms with Gasteiger partial charge in [-0.2, -0.15) is 0 Å². The first-order valence-electron chi connectivity index (χ1n) is 10.6. The van der Waals surface area contributed by atoms with Crippen LogP contribution < -0.4 is 0 Å². The molecule has 0 spiro atoms. The summed E-state index contributed by atoms with van der Waals surface area (Å²) in [5, 5.41) is 1.71. The van der Waals surface area contributed by atoms with Gasteiger partial charge >= 0.3 is 5.97 Å². The number of hydrogen-bond acceptors (Lipinski definition) is 3. The number of methoxy groups -OCH3 is 1. The van der Waals surface area contributed by atoms with Gasteiger partial charge < -0.3 is 4.74 Å². The van der Waals surface area contributed by atoms with Crippen molar-refractivity contribution in [3.05, 3.63) is 118 Å². The summed E-state index contributed by atoms with van der Waals surface area (Å²) in [7, 11) is 1.41. The van der Waals surface area contributed by atoms with Gasteiger partial charge in [0.1, 0.15) is 0 Å². The smallest absolute Gasteiger partial charge is 0.338 e. The molecule has 5 heteroatoms. The molecular weight excluding hydrogens is 545 g/mol. The van der Waals surface area contributed by atoms with Gasteiger partial charge in [-0.25, -0.2) is 9.78 Å². The maximum Gasteiger partial charge on any atom is 0.338 e. The van der Waals surface area contributed by atoms with E-state index in [4.69, 9.17) is 21.3 Å². The van der Waals surface area contributed by atoms with Crippen molar-refractivity contribution in [3.63, 3.8) is 0 Å². The van der Waals surface area contributed by atoms with Gasteiger partial charge in [-0.05, 0) is 53.8 Å². The molecule has 1 aromatic heterocycles. The fraction of sp³-hybridized carbons (Fsp3) is 0.143. The lowest BCUT2D eigenvalue weighted by molar-refractivity contribution is 0.0599. The van der Waals surface area contributed by atoms with Crippen molar-refractivity contribution in [2.75, 3.05) is 7.11 Å². The lowest BCUT2D eigenvalue weighted by atomic mass is 9.97. The van der Waals surface area contributed by atoms with E-state index in [9.17, 15) is 4.79 Å². The van der Waals surface area contributed by atoms with E-state index in [2.05, 4.69) is 53.4 Å². The molecule has 0 N–H and O–H groups in total. The summed E-state index contributed by atoms with van der Waals surface area (Å²) in [6.45, 7) is 4.31. The first-order chi connectivity index (χ1) is 16.0. The van der Waals surface area contributed by atoms with Crippen LogP contribution in [-0.2, 0) is 11.2 Å². The number of benzene rings is 3. The van der Waals surface area contributed by atoms with Crippen LogP contribution in [0.15, 0.2) is 85.4 Å². The minimum absolute atomic E-state index is 0.282. The molecule has 4 aromatic rings. The van der Waals surface area contributed by atoms with Crippen molar-refractivity contribution in [2.45, 2.75) is 16.8 Å². The molecule has 0 saturated carbocycles. The molecule has 0 aliphatic carbocycles. The monoisotopic (exact) mass is 567 g/mol. The SMILES string of the molecule is C=C(c1cccc([C@@H](I)CCc2ccccc2C(=O)OC)c1)c1ccc2ccc(Cl)cc2n1. The summed E-state index contributed by atoms with van der Waals surface area (Å²) in [4.78, 5) is 16.8. The number of halogens is 2. The van der Waals surface area contributed by atoms with Crippen LogP contribution in [0.5, 0.6) is 0 Å². The van der Waals surface area contributed by atoms with E-state index in [-0.39, 0.29) is 9.89 Å². The summed E-state index contributed by atoms with van der Waals surface area (Å²) in [6, 6.07) is 25.8. The third-order valence-electron chi connectivity index (χ3n) is 5.65. The summed E-state index contributed by atoms with van der Waals surface area (Å²) in [5.74, 6) is -0.293. The summed E-state index contributed by atoms with van der Waals surface area (Å²) >= 11 is 8.61. The number of nitrogens with zero attached hydrogens (tertiary/aromatic N) is 1. The molecule has 33 heavy (non-hydrogen) atoms. The lowest BCUT2D eigenvalue weighted by Gasteiger charge is -2.14. The molecule has 1 atom stereocenters. The number of aromatic nitrogens is 1. The largest absolute Gasteiger partial charge is 0.465 e. The minimum Gasteiger partial charge on any atom is -0.465 e. The third-order valence-corrected chi connectivity index (χ3v) is 7.23. The molecule has 4 rings (SSSR count). The van der Waals surface area contributed by atoms with Gasteiger partial charge in [-0.3, -0.25) is 0 Å². The number of hydrogen-bond donors (Lipinski definition) is 0. The van der Waals surface area contributed by atoms with Gasteiger partial charge in [0.2, 0.25) is 0 Å². The zero-order valence-corrected chi connectivity index (χ0v) is 21.1. The number of ether oxygens (including phenoxy) is 1. The fourth-order valence-corrected chi connectivity index (χ4v) is 4.69. The molecule has 0 amide bonds. The van der Waals surface area contributed by atoms with Crippen LogP contribution >= 0.6 is 34.2 Å². The van der Waals surface area contributed by atoms with Crippen LogP contribution in [0.2, 0.25) is 5.02 Å². The van der Waals surface area contributed by atoms with Gasteiger partial charge in [-0.1, -0.05) is 95.4 Å². The second kappa shape index (κ2) is 10.5. The number of fused-ring (bicyclic) bond motifs is 1. The Morgan fingerprint density at radius 3 is 2.67 bits per heavy atom. The highest BCUT2D eigenvalue weighted by Gasteiger charge is 2.15. The normalized spacial score (nSPS) is 11.8. The van der Waals surface area contributed by atoms with Crippen LogP contribution in [0.4, 0.5) is 0 Å². The zero-order valence-electron chi connectivity index (χ0n) is 18.2. The van der Waals surface area contributed by atoms with E-state index in [0.29, 0.717) is 10.6 Å². The topological polar surface area (TPSA) is 39.2 Å².